The normalized spacial score (nSPS) is 19.8. The van der Waals surface area contributed by atoms with Gasteiger partial charge in [-0.25, -0.2) is 8.42 Å². The van der Waals surface area contributed by atoms with E-state index >= 15 is 0 Å². The first kappa shape index (κ1) is 24.0. The van der Waals surface area contributed by atoms with Gasteiger partial charge in [-0.15, -0.1) is 0 Å². The molecule has 2 N–H and O–H groups in total. The minimum Gasteiger partial charge on any atom is -0.355 e. The molecule has 3 rings (SSSR count). The number of hydrogen-bond donors (Lipinski definition) is 2. The van der Waals surface area contributed by atoms with E-state index in [-0.39, 0.29) is 22.8 Å². The van der Waals surface area contributed by atoms with Crippen molar-refractivity contribution in [3.05, 3.63) is 29.3 Å². The van der Waals surface area contributed by atoms with Gasteiger partial charge in [0.2, 0.25) is 11.8 Å². The lowest BCUT2D eigenvalue weighted by Gasteiger charge is -2.35. The molecular weight excluding hydrogens is 438 g/mol. The summed E-state index contributed by atoms with van der Waals surface area (Å²) in [5, 5.41) is 6.36. The first-order valence-electron chi connectivity index (χ1n) is 11.1. The third kappa shape index (κ3) is 5.41. The molecule has 1 aromatic rings. The van der Waals surface area contributed by atoms with Crippen LogP contribution < -0.4 is 10.6 Å². The van der Waals surface area contributed by atoms with E-state index in [9.17, 15) is 18.0 Å². The number of carbonyl (C=O) groups is 2. The number of amides is 2. The Hall–Kier alpha value is -1.64. The maximum Gasteiger partial charge on any atom is 0.242 e. The summed E-state index contributed by atoms with van der Waals surface area (Å²) in [5.41, 5.74) is 0. The minimum absolute atomic E-state index is 0.0169. The molecule has 1 aromatic carbocycles. The molecule has 172 valence electrons. The van der Waals surface area contributed by atoms with Gasteiger partial charge in [0.25, 0.3) is 0 Å². The van der Waals surface area contributed by atoms with Crippen molar-refractivity contribution in [2.24, 2.45) is 0 Å². The quantitative estimate of drug-likeness (QED) is 0.610. The van der Waals surface area contributed by atoms with Gasteiger partial charge < -0.3 is 10.6 Å². The van der Waals surface area contributed by atoms with Gasteiger partial charge in [0.1, 0.15) is 0 Å². The van der Waals surface area contributed by atoms with Crippen molar-refractivity contribution in [3.63, 3.8) is 0 Å². The molecule has 1 aliphatic heterocycles. The second-order valence-corrected chi connectivity index (χ2v) is 11.2. The van der Waals surface area contributed by atoms with Crippen LogP contribution in [-0.2, 0) is 19.4 Å². The Labute approximate surface area is 189 Å². The average molecular weight is 470 g/mol. The zero-order chi connectivity index (χ0) is 22.5. The van der Waals surface area contributed by atoms with Crippen LogP contribution >= 0.6 is 11.6 Å². The minimum atomic E-state index is -3.84. The lowest BCUT2D eigenvalue weighted by atomic mass is 10.0. The summed E-state index contributed by atoms with van der Waals surface area (Å²) in [6, 6.07) is 5.96. The molecular formula is C22H32ClN3O4S. The van der Waals surface area contributed by atoms with Crippen LogP contribution in [0.25, 0.3) is 0 Å². The average Bonchev–Trinajstić information content (AvgIpc) is 3.26. The smallest absolute Gasteiger partial charge is 0.242 e. The molecule has 0 aromatic heterocycles. The fourth-order valence-electron chi connectivity index (χ4n) is 4.48. The largest absolute Gasteiger partial charge is 0.355 e. The molecule has 2 amide bonds. The summed E-state index contributed by atoms with van der Waals surface area (Å²) in [6.07, 6.45) is 4.39. The Bertz CT molecular complexity index is 875. The summed E-state index contributed by atoms with van der Waals surface area (Å²) in [7, 11) is -3.84. The van der Waals surface area contributed by atoms with Crippen molar-refractivity contribution in [1.82, 2.24) is 15.5 Å². The van der Waals surface area contributed by atoms with E-state index in [2.05, 4.69) is 15.5 Å². The van der Waals surface area contributed by atoms with Gasteiger partial charge in [0.15, 0.2) is 14.6 Å². The molecule has 7 nitrogen and oxygen atoms in total. The highest BCUT2D eigenvalue weighted by Gasteiger charge is 2.53. The monoisotopic (exact) mass is 469 g/mol. The van der Waals surface area contributed by atoms with Crippen molar-refractivity contribution >= 4 is 33.3 Å². The number of halogens is 1. The molecule has 0 spiro atoms. The zero-order valence-corrected chi connectivity index (χ0v) is 19.6. The van der Waals surface area contributed by atoms with Crippen LogP contribution in [0.3, 0.4) is 0 Å². The summed E-state index contributed by atoms with van der Waals surface area (Å²) >= 11 is 5.91. The Morgan fingerprint density at radius 2 is 1.74 bits per heavy atom. The zero-order valence-electron chi connectivity index (χ0n) is 18.0. The lowest BCUT2D eigenvalue weighted by molar-refractivity contribution is -0.125. The van der Waals surface area contributed by atoms with Crippen LogP contribution in [0.1, 0.15) is 51.9 Å². The third-order valence-electron chi connectivity index (χ3n) is 6.33. The van der Waals surface area contributed by atoms with Crippen LogP contribution in [0.5, 0.6) is 0 Å². The SMILES string of the molecule is CCCNC(=O)CN1CCC(NC(=O)C2(S(=O)(=O)c3ccc(Cl)cc3)CCCC2)CC1. The highest BCUT2D eigenvalue weighted by molar-refractivity contribution is 7.93. The van der Waals surface area contributed by atoms with E-state index < -0.39 is 14.6 Å². The Balaban J connectivity index is 1.63. The van der Waals surface area contributed by atoms with Crippen LogP contribution in [0.4, 0.5) is 0 Å². The van der Waals surface area contributed by atoms with Crippen molar-refractivity contribution < 1.29 is 18.0 Å². The summed E-state index contributed by atoms with van der Waals surface area (Å²) in [4.78, 5) is 27.4. The molecule has 1 heterocycles. The van der Waals surface area contributed by atoms with Crippen LogP contribution in [0.2, 0.25) is 5.02 Å². The molecule has 1 saturated heterocycles. The van der Waals surface area contributed by atoms with E-state index in [1.54, 1.807) is 12.1 Å². The highest BCUT2D eigenvalue weighted by atomic mass is 35.5. The number of piperidine rings is 1. The predicted octanol–water partition coefficient (Wildman–Crippen LogP) is 2.53. The molecule has 9 heteroatoms. The molecule has 1 aliphatic carbocycles. The van der Waals surface area contributed by atoms with Crippen LogP contribution in [0.15, 0.2) is 29.2 Å². The van der Waals surface area contributed by atoms with Gasteiger partial charge in [-0.3, -0.25) is 14.5 Å². The van der Waals surface area contributed by atoms with Gasteiger partial charge in [0, 0.05) is 30.7 Å². The summed E-state index contributed by atoms with van der Waals surface area (Å²) < 4.78 is 25.5. The molecule has 31 heavy (non-hydrogen) atoms. The second-order valence-electron chi connectivity index (χ2n) is 8.53. The molecule has 2 aliphatic rings. The standard InChI is InChI=1S/C22H32ClN3O4S/c1-2-13-24-20(27)16-26-14-9-18(10-15-26)25-21(28)22(11-3-4-12-22)31(29,30)19-7-5-17(23)6-8-19/h5-8,18H,2-4,9-16H2,1H3,(H,24,27)(H,25,28). The maximum absolute atomic E-state index is 13.5. The first-order chi connectivity index (χ1) is 14.8. The fraction of sp³-hybridized carbons (Fsp3) is 0.636. The van der Waals surface area contributed by atoms with E-state index in [0.29, 0.717) is 69.7 Å². The topological polar surface area (TPSA) is 95.6 Å². The van der Waals surface area contributed by atoms with E-state index in [1.165, 1.54) is 12.1 Å². The van der Waals surface area contributed by atoms with Crippen molar-refractivity contribution in [3.8, 4) is 0 Å². The number of sulfone groups is 1. The number of nitrogens with one attached hydrogen (secondary N) is 2. The van der Waals surface area contributed by atoms with E-state index in [1.807, 2.05) is 6.92 Å². The molecule has 0 unspecified atom stereocenters. The lowest BCUT2D eigenvalue weighted by Crippen LogP contribution is -2.55. The van der Waals surface area contributed by atoms with Gasteiger partial charge >= 0.3 is 0 Å². The maximum atomic E-state index is 13.5. The van der Waals surface area contributed by atoms with Crippen molar-refractivity contribution in [2.75, 3.05) is 26.2 Å². The number of likely N-dealkylation sites (tertiary alicyclic amines) is 1. The molecule has 0 bridgehead atoms. The van der Waals surface area contributed by atoms with E-state index in [4.69, 9.17) is 11.6 Å². The Kier molecular flexibility index (Phi) is 7.99. The Morgan fingerprint density at radius 3 is 2.32 bits per heavy atom. The Morgan fingerprint density at radius 1 is 1.13 bits per heavy atom. The molecule has 2 fully saturated rings. The molecule has 0 atom stereocenters. The highest BCUT2D eigenvalue weighted by Crippen LogP contribution is 2.41. The molecule has 0 radical (unpaired) electrons. The number of nitrogens with zero attached hydrogens (tertiary/aromatic N) is 1. The predicted molar refractivity (Wildman–Crippen MR) is 121 cm³/mol. The van der Waals surface area contributed by atoms with E-state index in [0.717, 1.165) is 6.42 Å². The number of benzene rings is 1. The second kappa shape index (κ2) is 10.3. The van der Waals surface area contributed by atoms with Gasteiger partial charge in [-0.1, -0.05) is 31.4 Å². The molecule has 1 saturated carbocycles. The number of carbonyl (C=O) groups excluding carboxylic acids is 2. The van der Waals surface area contributed by atoms with Gasteiger partial charge in [-0.2, -0.15) is 0 Å². The van der Waals surface area contributed by atoms with Crippen molar-refractivity contribution in [2.45, 2.75) is 67.6 Å². The van der Waals surface area contributed by atoms with Crippen LogP contribution in [0, 0.1) is 0 Å². The summed E-state index contributed by atoms with van der Waals surface area (Å²) in [5.74, 6) is -0.373. The van der Waals surface area contributed by atoms with Crippen LogP contribution in [-0.4, -0.2) is 62.1 Å². The van der Waals surface area contributed by atoms with Crippen molar-refractivity contribution in [1.29, 1.82) is 0 Å². The fourth-order valence-corrected chi connectivity index (χ4v) is 6.68. The summed E-state index contributed by atoms with van der Waals surface area (Å²) in [6.45, 7) is 4.44. The third-order valence-corrected chi connectivity index (χ3v) is 9.09. The van der Waals surface area contributed by atoms with Gasteiger partial charge in [-0.05, 0) is 56.4 Å². The first-order valence-corrected chi connectivity index (χ1v) is 12.9. The van der Waals surface area contributed by atoms with Gasteiger partial charge in [0.05, 0.1) is 11.4 Å². The number of rotatable bonds is 8. The number of hydrogen-bond acceptors (Lipinski definition) is 5.